The molecule has 1 rings (SSSR count). The number of hydrogen-bond acceptors (Lipinski definition) is 3. The first kappa shape index (κ1) is 5.15. The van der Waals surface area contributed by atoms with Crippen molar-refractivity contribution in [3.63, 3.8) is 0 Å². The number of nitrogens with one attached hydrogen (secondary N) is 2. The van der Waals surface area contributed by atoms with Gasteiger partial charge in [0.15, 0.2) is 0 Å². The zero-order chi connectivity index (χ0) is 5.82. The van der Waals surface area contributed by atoms with E-state index in [4.69, 9.17) is 0 Å². The Morgan fingerprint density at radius 3 is 3.12 bits per heavy atom. The summed E-state index contributed by atoms with van der Waals surface area (Å²) in [7, 11) is 1.84. The van der Waals surface area contributed by atoms with E-state index in [2.05, 4.69) is 15.6 Å². The highest BCUT2D eigenvalue weighted by Gasteiger charge is 1.89. The van der Waals surface area contributed by atoms with Gasteiger partial charge in [-0.2, -0.15) is 0 Å². The molecule has 0 aromatic heterocycles. The van der Waals surface area contributed by atoms with Crippen molar-refractivity contribution >= 4 is 6.21 Å². The topological polar surface area (TPSA) is 36.4 Å². The van der Waals surface area contributed by atoms with Crippen molar-refractivity contribution in [3.8, 4) is 0 Å². The third-order valence-corrected chi connectivity index (χ3v) is 0.934. The van der Waals surface area contributed by atoms with Gasteiger partial charge in [0.1, 0.15) is 5.82 Å². The summed E-state index contributed by atoms with van der Waals surface area (Å²) < 4.78 is 0. The monoisotopic (exact) mass is 111 g/mol. The van der Waals surface area contributed by atoms with Crippen LogP contribution < -0.4 is 10.6 Å². The first-order chi connectivity index (χ1) is 3.93. The Morgan fingerprint density at radius 2 is 2.75 bits per heavy atom. The second-order valence-corrected chi connectivity index (χ2v) is 1.50. The van der Waals surface area contributed by atoms with Gasteiger partial charge in [0.2, 0.25) is 0 Å². The lowest BCUT2D eigenvalue weighted by Crippen LogP contribution is -2.18. The van der Waals surface area contributed by atoms with Crippen LogP contribution in [0.5, 0.6) is 0 Å². The van der Waals surface area contributed by atoms with Gasteiger partial charge in [0.25, 0.3) is 0 Å². The lowest BCUT2D eigenvalue weighted by atomic mass is 10.6. The first-order valence-corrected chi connectivity index (χ1v) is 2.57. The molecule has 44 valence electrons. The molecular weight excluding hydrogens is 102 g/mol. The van der Waals surface area contributed by atoms with Crippen molar-refractivity contribution in [2.24, 2.45) is 4.99 Å². The summed E-state index contributed by atoms with van der Waals surface area (Å²) in [6.45, 7) is 0.838. The molecule has 1 aliphatic heterocycles. The van der Waals surface area contributed by atoms with Crippen LogP contribution in [0.1, 0.15) is 0 Å². The van der Waals surface area contributed by atoms with Gasteiger partial charge in [-0.05, 0) is 0 Å². The molecule has 0 aromatic carbocycles. The normalized spacial score (nSPS) is 16.9. The second kappa shape index (κ2) is 2.35. The van der Waals surface area contributed by atoms with Gasteiger partial charge in [0, 0.05) is 26.0 Å². The molecule has 2 N–H and O–H groups in total. The second-order valence-electron chi connectivity index (χ2n) is 1.50. The number of rotatable bonds is 1. The molecule has 0 saturated heterocycles. The van der Waals surface area contributed by atoms with Crippen LogP contribution in [-0.4, -0.2) is 19.8 Å². The Bertz CT molecular complexity index is 126. The molecule has 0 aliphatic carbocycles. The van der Waals surface area contributed by atoms with E-state index >= 15 is 0 Å². The van der Waals surface area contributed by atoms with Gasteiger partial charge < -0.3 is 10.6 Å². The minimum atomic E-state index is 0.838. The average molecular weight is 111 g/mol. The molecule has 0 saturated carbocycles. The highest BCUT2D eigenvalue weighted by molar-refractivity contribution is 5.62. The zero-order valence-corrected chi connectivity index (χ0v) is 4.81. The molecule has 1 heterocycles. The zero-order valence-electron chi connectivity index (χ0n) is 4.81. The summed E-state index contributed by atoms with van der Waals surface area (Å²) in [5.41, 5.74) is 0. The third kappa shape index (κ3) is 0.992. The fourth-order valence-electron chi connectivity index (χ4n) is 0.526. The first-order valence-electron chi connectivity index (χ1n) is 2.57. The molecular formula is C5H9N3. The van der Waals surface area contributed by atoms with Crippen molar-refractivity contribution in [3.05, 3.63) is 12.0 Å². The Balaban J connectivity index is 2.51. The predicted octanol–water partition coefficient (Wildman–Crippen LogP) is -0.321. The Morgan fingerprint density at radius 1 is 1.88 bits per heavy atom. The maximum atomic E-state index is 4.01. The highest BCUT2D eigenvalue weighted by atomic mass is 15.1. The van der Waals surface area contributed by atoms with Crippen LogP contribution in [0.2, 0.25) is 0 Å². The van der Waals surface area contributed by atoms with Crippen LogP contribution in [0.3, 0.4) is 0 Å². The summed E-state index contributed by atoms with van der Waals surface area (Å²) >= 11 is 0. The maximum Gasteiger partial charge on any atom is 0.141 e. The van der Waals surface area contributed by atoms with E-state index in [-0.39, 0.29) is 0 Å². The molecule has 0 aromatic rings. The minimum Gasteiger partial charge on any atom is -0.383 e. The summed E-state index contributed by atoms with van der Waals surface area (Å²) in [5, 5.41) is 5.92. The molecule has 3 heteroatoms. The van der Waals surface area contributed by atoms with Gasteiger partial charge in [-0.1, -0.05) is 0 Å². The smallest absolute Gasteiger partial charge is 0.141 e. The average Bonchev–Trinajstić information content (AvgIpc) is 1.90. The van der Waals surface area contributed by atoms with Crippen molar-refractivity contribution < 1.29 is 0 Å². The van der Waals surface area contributed by atoms with Gasteiger partial charge in [-0.3, -0.25) is 0 Å². The molecule has 0 amide bonds. The fourth-order valence-corrected chi connectivity index (χ4v) is 0.526. The lowest BCUT2D eigenvalue weighted by Gasteiger charge is -2.04. The summed E-state index contributed by atoms with van der Waals surface area (Å²) in [6.07, 6.45) is 3.67. The van der Waals surface area contributed by atoms with E-state index in [1.165, 1.54) is 0 Å². The van der Waals surface area contributed by atoms with Crippen LogP contribution in [-0.2, 0) is 0 Å². The van der Waals surface area contributed by atoms with E-state index in [1.54, 1.807) is 0 Å². The standard InChI is InChI=1S/C5H9N3/c1-6-5-4-7-2-3-8-5/h3-4,6-7H,2H2,1H3. The van der Waals surface area contributed by atoms with Crippen LogP contribution in [0, 0.1) is 0 Å². The van der Waals surface area contributed by atoms with Gasteiger partial charge >= 0.3 is 0 Å². The summed E-state index contributed by atoms with van der Waals surface area (Å²) in [6, 6.07) is 0. The molecule has 0 radical (unpaired) electrons. The quantitative estimate of drug-likeness (QED) is 0.486. The number of aliphatic imine (C=N–C) groups is 1. The van der Waals surface area contributed by atoms with Crippen molar-refractivity contribution in [2.45, 2.75) is 0 Å². The SMILES string of the molecule is CNC1=CNCC=N1. The Hall–Kier alpha value is -0.990. The van der Waals surface area contributed by atoms with Gasteiger partial charge in [0.05, 0.1) is 0 Å². The van der Waals surface area contributed by atoms with E-state index < -0.39 is 0 Å². The fraction of sp³-hybridized carbons (Fsp3) is 0.400. The lowest BCUT2D eigenvalue weighted by molar-refractivity contribution is 0.883. The largest absolute Gasteiger partial charge is 0.383 e. The van der Waals surface area contributed by atoms with Crippen LogP contribution in [0.15, 0.2) is 17.0 Å². The number of hydrogen-bond donors (Lipinski definition) is 2. The molecule has 3 nitrogen and oxygen atoms in total. The van der Waals surface area contributed by atoms with E-state index in [1.807, 2.05) is 19.5 Å². The Kier molecular flexibility index (Phi) is 1.51. The molecule has 8 heavy (non-hydrogen) atoms. The van der Waals surface area contributed by atoms with Gasteiger partial charge in [-0.25, -0.2) is 4.99 Å². The minimum absolute atomic E-state index is 0.838. The molecule has 0 fully saturated rings. The van der Waals surface area contributed by atoms with Crippen LogP contribution in [0.25, 0.3) is 0 Å². The van der Waals surface area contributed by atoms with E-state index in [0.29, 0.717) is 0 Å². The van der Waals surface area contributed by atoms with Crippen molar-refractivity contribution in [1.82, 2.24) is 10.6 Å². The van der Waals surface area contributed by atoms with E-state index in [9.17, 15) is 0 Å². The van der Waals surface area contributed by atoms with Crippen LogP contribution in [0.4, 0.5) is 0 Å². The summed E-state index contributed by atoms with van der Waals surface area (Å²) in [5.74, 6) is 0.885. The van der Waals surface area contributed by atoms with Crippen molar-refractivity contribution in [1.29, 1.82) is 0 Å². The maximum absolute atomic E-state index is 4.01. The molecule has 0 atom stereocenters. The summed E-state index contributed by atoms with van der Waals surface area (Å²) in [4.78, 5) is 4.01. The molecule has 1 aliphatic rings. The molecule has 0 spiro atoms. The Labute approximate surface area is 48.5 Å². The number of nitrogens with zero attached hydrogens (tertiary/aromatic N) is 1. The predicted molar refractivity (Wildman–Crippen MR) is 33.6 cm³/mol. The third-order valence-electron chi connectivity index (χ3n) is 0.934. The molecule has 0 unspecified atom stereocenters. The highest BCUT2D eigenvalue weighted by Crippen LogP contribution is 1.88. The van der Waals surface area contributed by atoms with Crippen molar-refractivity contribution in [2.75, 3.05) is 13.6 Å². The van der Waals surface area contributed by atoms with E-state index in [0.717, 1.165) is 12.4 Å². The van der Waals surface area contributed by atoms with Gasteiger partial charge in [-0.15, -0.1) is 0 Å². The molecule has 0 bridgehead atoms. The van der Waals surface area contributed by atoms with Crippen LogP contribution >= 0.6 is 0 Å².